The minimum atomic E-state index is -3.60. The molecule has 2 aromatic carbocycles. The van der Waals surface area contributed by atoms with E-state index in [9.17, 15) is 8.42 Å². The third-order valence-corrected chi connectivity index (χ3v) is 4.22. The van der Waals surface area contributed by atoms with Crippen molar-refractivity contribution < 1.29 is 8.42 Å². The van der Waals surface area contributed by atoms with Crippen LogP contribution < -0.4 is 4.83 Å². The summed E-state index contributed by atoms with van der Waals surface area (Å²) in [6.45, 7) is 3.71. The molecule has 0 aromatic heterocycles. The van der Waals surface area contributed by atoms with Gasteiger partial charge in [-0.15, -0.1) is 0 Å². The molecule has 0 atom stereocenters. The van der Waals surface area contributed by atoms with E-state index in [4.69, 9.17) is 0 Å². The number of hydrazone groups is 1. The molecule has 0 aliphatic heterocycles. The van der Waals surface area contributed by atoms with Crippen molar-refractivity contribution in [3.8, 4) is 0 Å². The number of nitrogens with one attached hydrogen (secondary N) is 1. The van der Waals surface area contributed by atoms with Gasteiger partial charge in [-0.25, -0.2) is 4.83 Å². The molecule has 0 fully saturated rings. The molecule has 0 heterocycles. The maximum atomic E-state index is 12.1. The molecule has 0 spiro atoms. The predicted molar refractivity (Wildman–Crippen MR) is 84.8 cm³/mol. The van der Waals surface area contributed by atoms with Crippen molar-refractivity contribution in [1.82, 2.24) is 4.83 Å². The molecule has 110 valence electrons. The van der Waals surface area contributed by atoms with Gasteiger partial charge in [-0.2, -0.15) is 13.5 Å². The average Bonchev–Trinajstić information content (AvgIpc) is 2.47. The Hall–Kier alpha value is -2.14. The van der Waals surface area contributed by atoms with E-state index in [0.717, 1.165) is 11.1 Å². The van der Waals surface area contributed by atoms with Gasteiger partial charge in [-0.05, 0) is 31.5 Å². The van der Waals surface area contributed by atoms with E-state index in [2.05, 4.69) is 9.93 Å². The Morgan fingerprint density at radius 3 is 2.29 bits per heavy atom. The fourth-order valence-electron chi connectivity index (χ4n) is 1.84. The number of sulfonamides is 1. The van der Waals surface area contributed by atoms with E-state index < -0.39 is 10.0 Å². The van der Waals surface area contributed by atoms with Gasteiger partial charge in [0.1, 0.15) is 0 Å². The zero-order valence-electron chi connectivity index (χ0n) is 12.1. The van der Waals surface area contributed by atoms with Crippen molar-refractivity contribution in [2.45, 2.75) is 25.2 Å². The highest BCUT2D eigenvalue weighted by molar-refractivity contribution is 7.89. The molecular weight excluding hydrogens is 284 g/mol. The lowest BCUT2D eigenvalue weighted by Crippen LogP contribution is -2.20. The van der Waals surface area contributed by atoms with Gasteiger partial charge in [0.15, 0.2) is 0 Å². The summed E-state index contributed by atoms with van der Waals surface area (Å²) in [5.41, 5.74) is 2.81. The van der Waals surface area contributed by atoms with Gasteiger partial charge < -0.3 is 0 Å². The maximum absolute atomic E-state index is 12.1. The summed E-state index contributed by atoms with van der Waals surface area (Å²) in [5.74, 6) is 0. The highest BCUT2D eigenvalue weighted by Gasteiger charge is 2.12. The van der Waals surface area contributed by atoms with Crippen molar-refractivity contribution >= 4 is 15.7 Å². The lowest BCUT2D eigenvalue weighted by atomic mass is 10.1. The molecule has 0 radical (unpaired) electrons. The summed E-state index contributed by atoms with van der Waals surface area (Å²) in [6.07, 6.45) is 0.608. The average molecular weight is 302 g/mol. The molecule has 0 unspecified atom stereocenters. The third kappa shape index (κ3) is 4.43. The number of hydrogen-bond acceptors (Lipinski definition) is 3. The standard InChI is InChI=1S/C16H18N2O2S/c1-13-8-10-16(11-9-13)21(19,20)18-17-14(2)12-15-6-4-3-5-7-15/h3-11,18H,12H2,1-2H3/b17-14+. The van der Waals surface area contributed by atoms with Crippen LogP contribution in [-0.4, -0.2) is 14.1 Å². The first kappa shape index (κ1) is 15.3. The number of nitrogens with zero attached hydrogens (tertiary/aromatic N) is 1. The first-order chi connectivity index (χ1) is 9.97. The highest BCUT2D eigenvalue weighted by atomic mass is 32.2. The molecule has 2 rings (SSSR count). The Kier molecular flexibility index (Phi) is 4.75. The summed E-state index contributed by atoms with van der Waals surface area (Å²) in [7, 11) is -3.60. The van der Waals surface area contributed by atoms with E-state index >= 15 is 0 Å². The topological polar surface area (TPSA) is 58.5 Å². The van der Waals surface area contributed by atoms with Crippen molar-refractivity contribution in [1.29, 1.82) is 0 Å². The van der Waals surface area contributed by atoms with Crippen molar-refractivity contribution in [2.75, 3.05) is 0 Å². The molecule has 1 N–H and O–H groups in total. The van der Waals surface area contributed by atoms with E-state index in [1.807, 2.05) is 37.3 Å². The summed E-state index contributed by atoms with van der Waals surface area (Å²) < 4.78 is 24.2. The Morgan fingerprint density at radius 2 is 1.67 bits per heavy atom. The summed E-state index contributed by atoms with van der Waals surface area (Å²) in [4.78, 5) is 2.49. The molecule has 0 amide bonds. The van der Waals surface area contributed by atoms with E-state index in [0.29, 0.717) is 12.1 Å². The smallest absolute Gasteiger partial charge is 0.200 e. The monoisotopic (exact) mass is 302 g/mol. The molecular formula is C16H18N2O2S. The fraction of sp³-hybridized carbons (Fsp3) is 0.188. The first-order valence-corrected chi connectivity index (χ1v) is 8.11. The van der Waals surface area contributed by atoms with Crippen LogP contribution in [0.1, 0.15) is 18.1 Å². The second-order valence-corrected chi connectivity index (χ2v) is 6.58. The second kappa shape index (κ2) is 6.54. The Labute approximate surface area is 125 Å². The van der Waals surface area contributed by atoms with Crippen LogP contribution in [0.25, 0.3) is 0 Å². The van der Waals surface area contributed by atoms with Gasteiger partial charge in [0.25, 0.3) is 10.0 Å². The second-order valence-electron chi connectivity index (χ2n) is 4.92. The molecule has 0 saturated heterocycles. The normalized spacial score (nSPS) is 12.2. The third-order valence-electron chi connectivity index (χ3n) is 2.99. The SMILES string of the molecule is C/C(Cc1ccccc1)=N\NS(=O)(=O)c1ccc(C)cc1. The van der Waals surface area contributed by atoms with Gasteiger partial charge in [0.05, 0.1) is 4.90 Å². The lowest BCUT2D eigenvalue weighted by molar-refractivity contribution is 0.584. The van der Waals surface area contributed by atoms with E-state index in [1.165, 1.54) is 0 Å². The minimum Gasteiger partial charge on any atom is -0.200 e. The Morgan fingerprint density at radius 1 is 1.05 bits per heavy atom. The number of benzene rings is 2. The Bertz CT molecular complexity index is 721. The Balaban J connectivity index is 2.06. The van der Waals surface area contributed by atoms with Crippen LogP contribution in [0.5, 0.6) is 0 Å². The van der Waals surface area contributed by atoms with Crippen LogP contribution in [0.15, 0.2) is 64.6 Å². The molecule has 4 nitrogen and oxygen atoms in total. The molecule has 21 heavy (non-hydrogen) atoms. The van der Waals surface area contributed by atoms with Crippen LogP contribution in [0.3, 0.4) is 0 Å². The van der Waals surface area contributed by atoms with Gasteiger partial charge in [-0.1, -0.05) is 48.0 Å². The van der Waals surface area contributed by atoms with Crippen molar-refractivity contribution in [2.24, 2.45) is 5.10 Å². The summed E-state index contributed by atoms with van der Waals surface area (Å²) in [5, 5.41) is 3.97. The van der Waals surface area contributed by atoms with Gasteiger partial charge in [0, 0.05) is 12.1 Å². The summed E-state index contributed by atoms with van der Waals surface area (Å²) >= 11 is 0. The quantitative estimate of drug-likeness (QED) is 0.682. The molecule has 0 saturated carbocycles. The lowest BCUT2D eigenvalue weighted by Gasteiger charge is -2.06. The van der Waals surface area contributed by atoms with Gasteiger partial charge in [0.2, 0.25) is 0 Å². The fourth-order valence-corrected chi connectivity index (χ4v) is 2.71. The van der Waals surface area contributed by atoms with E-state index in [1.54, 1.807) is 31.2 Å². The van der Waals surface area contributed by atoms with Crippen LogP contribution in [0.4, 0.5) is 0 Å². The molecule has 0 aliphatic rings. The molecule has 0 aliphatic carbocycles. The van der Waals surface area contributed by atoms with Gasteiger partial charge in [-0.3, -0.25) is 0 Å². The minimum absolute atomic E-state index is 0.212. The molecule has 0 bridgehead atoms. The zero-order valence-corrected chi connectivity index (χ0v) is 12.9. The van der Waals surface area contributed by atoms with Crippen LogP contribution in [0.2, 0.25) is 0 Å². The first-order valence-electron chi connectivity index (χ1n) is 6.63. The number of hydrogen-bond donors (Lipinski definition) is 1. The number of rotatable bonds is 5. The van der Waals surface area contributed by atoms with Gasteiger partial charge >= 0.3 is 0 Å². The largest absolute Gasteiger partial charge is 0.276 e. The molecule has 2 aromatic rings. The maximum Gasteiger partial charge on any atom is 0.276 e. The van der Waals surface area contributed by atoms with Crippen LogP contribution >= 0.6 is 0 Å². The van der Waals surface area contributed by atoms with Crippen LogP contribution in [0, 0.1) is 6.92 Å². The number of aryl methyl sites for hydroxylation is 1. The van der Waals surface area contributed by atoms with Crippen molar-refractivity contribution in [3.63, 3.8) is 0 Å². The predicted octanol–water partition coefficient (Wildman–Crippen LogP) is 2.89. The highest BCUT2D eigenvalue weighted by Crippen LogP contribution is 2.10. The van der Waals surface area contributed by atoms with E-state index in [-0.39, 0.29) is 4.90 Å². The zero-order chi connectivity index (χ0) is 15.3. The summed E-state index contributed by atoms with van der Waals surface area (Å²) in [6, 6.07) is 16.4. The molecule has 5 heteroatoms. The van der Waals surface area contributed by atoms with Crippen LogP contribution in [-0.2, 0) is 16.4 Å². The van der Waals surface area contributed by atoms with Crippen molar-refractivity contribution in [3.05, 3.63) is 65.7 Å².